The summed E-state index contributed by atoms with van der Waals surface area (Å²) in [6.07, 6.45) is -4.05. The third-order valence-corrected chi connectivity index (χ3v) is 6.09. The van der Waals surface area contributed by atoms with Crippen molar-refractivity contribution < 1.29 is 27.4 Å². The van der Waals surface area contributed by atoms with Gasteiger partial charge in [-0.25, -0.2) is 4.99 Å². The normalized spacial score (nSPS) is 18.2. The van der Waals surface area contributed by atoms with E-state index in [9.17, 15) is 18.0 Å². The Kier molecular flexibility index (Phi) is 6.46. The Morgan fingerprint density at radius 2 is 1.86 bits per heavy atom. The van der Waals surface area contributed by atoms with Gasteiger partial charge in [0.1, 0.15) is 23.0 Å². The van der Waals surface area contributed by atoms with Crippen molar-refractivity contribution in [2.45, 2.75) is 46.3 Å². The summed E-state index contributed by atoms with van der Waals surface area (Å²) in [5.41, 5.74) is -0.160. The summed E-state index contributed by atoms with van der Waals surface area (Å²) < 4.78 is 51.6. The lowest BCUT2D eigenvalue weighted by Crippen LogP contribution is -2.56. The first-order valence-corrected chi connectivity index (χ1v) is 11.6. The molecule has 2 heterocycles. The number of halogens is 3. The summed E-state index contributed by atoms with van der Waals surface area (Å²) in [7, 11) is 1.53. The molecule has 1 saturated heterocycles. The highest BCUT2D eigenvalue weighted by Crippen LogP contribution is 2.43. The number of ether oxygens (including phenoxy) is 2. The Balaban J connectivity index is 1.71. The van der Waals surface area contributed by atoms with E-state index in [1.54, 1.807) is 18.2 Å². The van der Waals surface area contributed by atoms with E-state index in [4.69, 9.17) is 9.47 Å². The number of amidine groups is 1. The van der Waals surface area contributed by atoms with Gasteiger partial charge in [0.15, 0.2) is 5.75 Å². The molecule has 188 valence electrons. The second-order valence-electron chi connectivity index (χ2n) is 10.2. The summed E-state index contributed by atoms with van der Waals surface area (Å²) in [6.45, 7) is 9.56. The van der Waals surface area contributed by atoms with E-state index in [1.165, 1.54) is 13.2 Å². The van der Waals surface area contributed by atoms with E-state index in [-0.39, 0.29) is 28.8 Å². The SMILES string of the molecule is COc1ccc2c(c1)Oc1ccc(C(F)(F)F)cc1N=C2N1CCN(C(=O)CC(C)(C)C)[C@H](C)C1. The minimum atomic E-state index is -4.50. The third-order valence-electron chi connectivity index (χ3n) is 6.09. The van der Waals surface area contributed by atoms with Gasteiger partial charge in [0.05, 0.1) is 18.2 Å². The number of hydrogen-bond acceptors (Lipinski definition) is 5. The van der Waals surface area contributed by atoms with Gasteiger partial charge in [-0.05, 0) is 42.7 Å². The minimum Gasteiger partial charge on any atom is -0.497 e. The van der Waals surface area contributed by atoms with Crippen LogP contribution in [0.4, 0.5) is 18.9 Å². The van der Waals surface area contributed by atoms with Gasteiger partial charge in [0.2, 0.25) is 5.91 Å². The van der Waals surface area contributed by atoms with Crippen LogP contribution in [0.2, 0.25) is 0 Å². The summed E-state index contributed by atoms with van der Waals surface area (Å²) in [5, 5.41) is 0. The fraction of sp³-hybridized carbons (Fsp3) is 0.462. The fourth-order valence-corrected chi connectivity index (χ4v) is 4.38. The zero-order valence-electron chi connectivity index (χ0n) is 20.6. The quantitative estimate of drug-likeness (QED) is 0.530. The van der Waals surface area contributed by atoms with Crippen LogP contribution < -0.4 is 9.47 Å². The van der Waals surface area contributed by atoms with Crippen LogP contribution in [0.3, 0.4) is 0 Å². The molecule has 1 atom stereocenters. The van der Waals surface area contributed by atoms with Crippen LogP contribution in [0.25, 0.3) is 0 Å². The predicted octanol–water partition coefficient (Wildman–Crippen LogP) is 5.87. The molecule has 2 aromatic rings. The largest absolute Gasteiger partial charge is 0.497 e. The van der Waals surface area contributed by atoms with Crippen LogP contribution >= 0.6 is 0 Å². The lowest BCUT2D eigenvalue weighted by molar-refractivity contribution is -0.138. The number of carbonyl (C=O) groups is 1. The van der Waals surface area contributed by atoms with Crippen molar-refractivity contribution in [2.24, 2.45) is 10.4 Å². The minimum absolute atomic E-state index is 0.0897. The third kappa shape index (κ3) is 5.39. The van der Waals surface area contributed by atoms with Gasteiger partial charge in [0.25, 0.3) is 0 Å². The van der Waals surface area contributed by atoms with E-state index in [0.29, 0.717) is 49.0 Å². The Morgan fingerprint density at radius 1 is 1.11 bits per heavy atom. The average molecular weight is 490 g/mol. The fourth-order valence-electron chi connectivity index (χ4n) is 4.38. The molecular weight excluding hydrogens is 459 g/mol. The highest BCUT2D eigenvalue weighted by Gasteiger charge is 2.35. The Labute approximate surface area is 203 Å². The van der Waals surface area contributed by atoms with E-state index in [1.807, 2.05) is 37.5 Å². The van der Waals surface area contributed by atoms with Crippen molar-refractivity contribution in [1.82, 2.24) is 9.80 Å². The van der Waals surface area contributed by atoms with Crippen molar-refractivity contribution in [3.63, 3.8) is 0 Å². The van der Waals surface area contributed by atoms with Crippen LogP contribution in [-0.2, 0) is 11.0 Å². The number of benzene rings is 2. The Bertz CT molecular complexity index is 1150. The predicted molar refractivity (Wildman–Crippen MR) is 128 cm³/mol. The molecule has 35 heavy (non-hydrogen) atoms. The summed E-state index contributed by atoms with van der Waals surface area (Å²) in [5.74, 6) is 1.84. The zero-order chi connectivity index (χ0) is 25.5. The number of rotatable bonds is 2. The van der Waals surface area contributed by atoms with Gasteiger partial charge >= 0.3 is 6.18 Å². The Morgan fingerprint density at radius 3 is 2.49 bits per heavy atom. The van der Waals surface area contributed by atoms with Crippen molar-refractivity contribution in [3.05, 3.63) is 47.5 Å². The van der Waals surface area contributed by atoms with Crippen molar-refractivity contribution in [2.75, 3.05) is 26.7 Å². The number of amides is 1. The lowest BCUT2D eigenvalue weighted by atomic mass is 9.91. The number of nitrogens with zero attached hydrogens (tertiary/aromatic N) is 3. The smallest absolute Gasteiger partial charge is 0.416 e. The van der Waals surface area contributed by atoms with E-state index in [2.05, 4.69) is 4.99 Å². The molecule has 2 aromatic carbocycles. The first-order chi connectivity index (χ1) is 16.4. The molecular formula is C26H30F3N3O3. The molecule has 0 N–H and O–H groups in total. The van der Waals surface area contributed by atoms with Crippen LogP contribution in [0.15, 0.2) is 41.4 Å². The second-order valence-corrected chi connectivity index (χ2v) is 10.2. The number of aliphatic imine (C=N–C) groups is 1. The first kappa shape index (κ1) is 24.9. The second kappa shape index (κ2) is 9.09. The molecule has 0 radical (unpaired) electrons. The van der Waals surface area contributed by atoms with Crippen LogP contribution in [0.1, 0.15) is 45.2 Å². The molecule has 0 aliphatic carbocycles. The molecule has 4 rings (SSSR count). The molecule has 2 aliphatic rings. The van der Waals surface area contributed by atoms with E-state index >= 15 is 0 Å². The van der Waals surface area contributed by atoms with Crippen molar-refractivity contribution >= 4 is 17.4 Å². The van der Waals surface area contributed by atoms with Crippen molar-refractivity contribution in [3.8, 4) is 17.2 Å². The van der Waals surface area contributed by atoms with Crippen molar-refractivity contribution in [1.29, 1.82) is 0 Å². The van der Waals surface area contributed by atoms with Crippen LogP contribution in [-0.4, -0.2) is 54.3 Å². The first-order valence-electron chi connectivity index (χ1n) is 11.6. The zero-order valence-corrected chi connectivity index (χ0v) is 20.6. The molecule has 9 heteroatoms. The molecule has 0 aromatic heterocycles. The summed E-state index contributed by atoms with van der Waals surface area (Å²) >= 11 is 0. The molecule has 2 aliphatic heterocycles. The van der Waals surface area contributed by atoms with Gasteiger partial charge in [-0.1, -0.05) is 20.8 Å². The number of piperazine rings is 1. The van der Waals surface area contributed by atoms with Gasteiger partial charge < -0.3 is 19.3 Å². The van der Waals surface area contributed by atoms with Crippen LogP contribution in [0.5, 0.6) is 17.2 Å². The van der Waals surface area contributed by atoms with Gasteiger partial charge in [-0.2, -0.15) is 13.2 Å². The topological polar surface area (TPSA) is 54.4 Å². The van der Waals surface area contributed by atoms with E-state index in [0.717, 1.165) is 12.1 Å². The Hall–Kier alpha value is -3.23. The number of alkyl halides is 3. The van der Waals surface area contributed by atoms with Gasteiger partial charge in [0, 0.05) is 38.2 Å². The average Bonchev–Trinajstić information content (AvgIpc) is 2.92. The molecule has 0 bridgehead atoms. The molecule has 0 saturated carbocycles. The van der Waals surface area contributed by atoms with Crippen LogP contribution in [0, 0.1) is 5.41 Å². The number of carbonyl (C=O) groups excluding carboxylic acids is 1. The lowest BCUT2D eigenvalue weighted by Gasteiger charge is -2.42. The summed E-state index contributed by atoms with van der Waals surface area (Å²) in [4.78, 5) is 21.4. The van der Waals surface area contributed by atoms with E-state index < -0.39 is 11.7 Å². The highest BCUT2D eigenvalue weighted by atomic mass is 19.4. The molecule has 6 nitrogen and oxygen atoms in total. The number of methoxy groups -OCH3 is 1. The number of fused-ring (bicyclic) bond motifs is 2. The molecule has 0 spiro atoms. The number of hydrogen-bond donors (Lipinski definition) is 0. The highest BCUT2D eigenvalue weighted by molar-refractivity contribution is 6.04. The monoisotopic (exact) mass is 489 g/mol. The van der Waals surface area contributed by atoms with Gasteiger partial charge in [-0.3, -0.25) is 4.79 Å². The molecule has 1 fully saturated rings. The standard InChI is InChI=1S/C26H30F3N3O3/c1-16-15-31(10-11-32(16)23(33)14-25(2,3)4)24-19-8-7-18(34-5)13-22(19)35-21-9-6-17(26(27,28)29)12-20(21)30-24/h6-9,12-13,16H,10-11,14-15H2,1-5H3/t16-/m1/s1. The summed E-state index contributed by atoms with van der Waals surface area (Å²) in [6, 6.07) is 8.45. The molecule has 0 unspecified atom stereocenters. The maximum atomic E-state index is 13.4. The van der Waals surface area contributed by atoms with Gasteiger partial charge in [-0.15, -0.1) is 0 Å². The molecule has 1 amide bonds. The maximum Gasteiger partial charge on any atom is 0.416 e. The maximum absolute atomic E-state index is 13.4.